The number of hydrogen-bond acceptors (Lipinski definition) is 2. The van der Waals surface area contributed by atoms with Gasteiger partial charge in [0.25, 0.3) is 0 Å². The van der Waals surface area contributed by atoms with Gasteiger partial charge < -0.3 is 4.42 Å². The molecule has 0 atom stereocenters. The second-order valence-electron chi connectivity index (χ2n) is 3.87. The number of furan rings is 1. The molecule has 17 heavy (non-hydrogen) atoms. The van der Waals surface area contributed by atoms with Gasteiger partial charge in [0, 0.05) is 16.3 Å². The lowest BCUT2D eigenvalue weighted by Crippen LogP contribution is -1.98. The van der Waals surface area contributed by atoms with Gasteiger partial charge in [0.2, 0.25) is 0 Å². The lowest BCUT2D eigenvalue weighted by molar-refractivity contribution is 0.102. The number of para-hydroxylation sites is 1. The van der Waals surface area contributed by atoms with E-state index in [9.17, 15) is 4.79 Å². The highest BCUT2D eigenvalue weighted by Gasteiger charge is 2.09. The predicted octanol–water partition coefficient (Wildman–Crippen LogP) is 4.16. The van der Waals surface area contributed by atoms with Crippen LogP contribution in [0, 0.1) is 0 Å². The van der Waals surface area contributed by atoms with Gasteiger partial charge in [-0.1, -0.05) is 34.1 Å². The lowest BCUT2D eigenvalue weighted by Gasteiger charge is -1.96. The number of carbonyl (C=O) groups excluding carboxylic acids is 1. The number of benzene rings is 2. The summed E-state index contributed by atoms with van der Waals surface area (Å²) in [6, 6.07) is 13.4. The number of fused-ring (bicyclic) bond motifs is 3. The molecular weight excluding hydrogens is 280 g/mol. The number of alkyl halides is 1. The van der Waals surface area contributed by atoms with E-state index in [1.807, 2.05) is 36.4 Å². The third kappa shape index (κ3) is 1.67. The average molecular weight is 289 g/mol. The van der Waals surface area contributed by atoms with Crippen molar-refractivity contribution in [3.8, 4) is 0 Å². The van der Waals surface area contributed by atoms with Crippen LogP contribution in [-0.2, 0) is 0 Å². The van der Waals surface area contributed by atoms with Crippen LogP contribution in [0.3, 0.4) is 0 Å². The molecule has 1 heterocycles. The molecule has 3 aromatic rings. The molecule has 0 N–H and O–H groups in total. The molecule has 0 spiro atoms. The molecule has 0 saturated heterocycles. The molecule has 0 aliphatic rings. The Hall–Kier alpha value is -1.61. The fraction of sp³-hybridized carbons (Fsp3) is 0.0714. The summed E-state index contributed by atoms with van der Waals surface area (Å²) < 4.78 is 5.70. The first-order valence-corrected chi connectivity index (χ1v) is 6.42. The number of carbonyl (C=O) groups is 1. The summed E-state index contributed by atoms with van der Waals surface area (Å²) >= 11 is 3.18. The van der Waals surface area contributed by atoms with E-state index in [4.69, 9.17) is 4.42 Å². The maximum atomic E-state index is 11.6. The Bertz CT molecular complexity index is 712. The van der Waals surface area contributed by atoms with Crippen LogP contribution < -0.4 is 0 Å². The Morgan fingerprint density at radius 1 is 1.06 bits per heavy atom. The molecule has 0 unspecified atom stereocenters. The highest BCUT2D eigenvalue weighted by atomic mass is 79.9. The maximum Gasteiger partial charge on any atom is 0.173 e. The number of halogens is 1. The van der Waals surface area contributed by atoms with Gasteiger partial charge in [-0.2, -0.15) is 0 Å². The lowest BCUT2D eigenvalue weighted by atomic mass is 10.1. The number of hydrogen-bond donors (Lipinski definition) is 0. The van der Waals surface area contributed by atoms with Crippen LogP contribution in [0.4, 0.5) is 0 Å². The van der Waals surface area contributed by atoms with Crippen molar-refractivity contribution in [1.29, 1.82) is 0 Å². The van der Waals surface area contributed by atoms with E-state index in [1.54, 1.807) is 6.07 Å². The molecule has 0 radical (unpaired) electrons. The molecule has 2 nitrogen and oxygen atoms in total. The van der Waals surface area contributed by atoms with Crippen LogP contribution in [0.1, 0.15) is 10.4 Å². The Kier molecular flexibility index (Phi) is 2.48. The van der Waals surface area contributed by atoms with Crippen LogP contribution in [0.5, 0.6) is 0 Å². The fourth-order valence-electron chi connectivity index (χ4n) is 1.98. The van der Waals surface area contributed by atoms with Gasteiger partial charge in [-0.25, -0.2) is 0 Å². The third-order valence-electron chi connectivity index (χ3n) is 2.82. The highest BCUT2D eigenvalue weighted by Crippen LogP contribution is 2.29. The van der Waals surface area contributed by atoms with Crippen molar-refractivity contribution in [3.05, 3.63) is 48.0 Å². The standard InChI is InChI=1S/C14H9BrO2/c15-8-12(16)9-5-6-14-11(7-9)10-3-1-2-4-13(10)17-14/h1-7H,8H2. The van der Waals surface area contributed by atoms with E-state index < -0.39 is 0 Å². The molecule has 0 amide bonds. The largest absolute Gasteiger partial charge is 0.456 e. The molecule has 0 fully saturated rings. The normalized spacial score (nSPS) is 11.1. The molecular formula is C14H9BrO2. The SMILES string of the molecule is O=C(CBr)c1ccc2oc3ccccc3c2c1. The van der Waals surface area contributed by atoms with E-state index in [-0.39, 0.29) is 5.78 Å². The van der Waals surface area contributed by atoms with Gasteiger partial charge in [0.15, 0.2) is 5.78 Å². The molecule has 0 bridgehead atoms. The summed E-state index contributed by atoms with van der Waals surface area (Å²) in [4.78, 5) is 11.6. The van der Waals surface area contributed by atoms with Gasteiger partial charge in [0.1, 0.15) is 11.2 Å². The van der Waals surface area contributed by atoms with E-state index in [0.29, 0.717) is 10.9 Å². The smallest absolute Gasteiger partial charge is 0.173 e. The summed E-state index contributed by atoms with van der Waals surface area (Å²) in [5, 5.41) is 2.38. The molecule has 2 aromatic carbocycles. The van der Waals surface area contributed by atoms with Crippen molar-refractivity contribution in [1.82, 2.24) is 0 Å². The van der Waals surface area contributed by atoms with Gasteiger partial charge >= 0.3 is 0 Å². The molecule has 0 aliphatic heterocycles. The monoisotopic (exact) mass is 288 g/mol. The quantitative estimate of drug-likeness (QED) is 0.523. The first-order chi connectivity index (χ1) is 8.29. The fourth-order valence-corrected chi connectivity index (χ4v) is 2.30. The van der Waals surface area contributed by atoms with Crippen LogP contribution in [0.2, 0.25) is 0 Å². The highest BCUT2D eigenvalue weighted by molar-refractivity contribution is 9.09. The van der Waals surface area contributed by atoms with Crippen molar-refractivity contribution in [2.75, 3.05) is 5.33 Å². The summed E-state index contributed by atoms with van der Waals surface area (Å²) in [6.45, 7) is 0. The molecule has 3 rings (SSSR count). The zero-order valence-electron chi connectivity index (χ0n) is 8.94. The van der Waals surface area contributed by atoms with Crippen LogP contribution in [-0.4, -0.2) is 11.1 Å². The first-order valence-electron chi connectivity index (χ1n) is 5.30. The van der Waals surface area contributed by atoms with E-state index >= 15 is 0 Å². The minimum Gasteiger partial charge on any atom is -0.456 e. The predicted molar refractivity (Wildman–Crippen MR) is 71.8 cm³/mol. The molecule has 0 aliphatic carbocycles. The number of ketones is 1. The van der Waals surface area contributed by atoms with Crippen molar-refractivity contribution in [3.63, 3.8) is 0 Å². The summed E-state index contributed by atoms with van der Waals surface area (Å²) in [7, 11) is 0. The number of rotatable bonds is 2. The molecule has 84 valence electrons. The van der Waals surface area contributed by atoms with Crippen molar-refractivity contribution < 1.29 is 9.21 Å². The zero-order chi connectivity index (χ0) is 11.8. The summed E-state index contributed by atoms with van der Waals surface area (Å²) in [5.74, 6) is 0.0807. The number of Topliss-reactive ketones (excluding diaryl/α,β-unsaturated/α-hetero) is 1. The second kappa shape index (κ2) is 4.00. The summed E-state index contributed by atoms with van der Waals surface area (Å²) in [6.07, 6.45) is 0. The molecule has 1 aromatic heterocycles. The minimum atomic E-state index is 0.0807. The van der Waals surface area contributed by atoms with Gasteiger partial charge in [-0.15, -0.1) is 0 Å². The van der Waals surface area contributed by atoms with Gasteiger partial charge in [0.05, 0.1) is 5.33 Å². The third-order valence-corrected chi connectivity index (χ3v) is 3.33. The Morgan fingerprint density at radius 2 is 1.82 bits per heavy atom. The van der Waals surface area contributed by atoms with Crippen molar-refractivity contribution in [2.45, 2.75) is 0 Å². The van der Waals surface area contributed by atoms with Crippen molar-refractivity contribution >= 4 is 43.7 Å². The van der Waals surface area contributed by atoms with E-state index in [1.165, 1.54) is 0 Å². The van der Waals surface area contributed by atoms with E-state index in [0.717, 1.165) is 21.9 Å². The molecule has 0 saturated carbocycles. The van der Waals surface area contributed by atoms with Gasteiger partial charge in [-0.05, 0) is 24.3 Å². The van der Waals surface area contributed by atoms with Crippen LogP contribution >= 0.6 is 15.9 Å². The topological polar surface area (TPSA) is 30.2 Å². The maximum absolute atomic E-state index is 11.6. The minimum absolute atomic E-state index is 0.0807. The van der Waals surface area contributed by atoms with Crippen LogP contribution in [0.15, 0.2) is 46.9 Å². The first kappa shape index (κ1) is 10.5. The Morgan fingerprint density at radius 3 is 2.65 bits per heavy atom. The van der Waals surface area contributed by atoms with Crippen molar-refractivity contribution in [2.24, 2.45) is 0 Å². The zero-order valence-corrected chi connectivity index (χ0v) is 10.5. The average Bonchev–Trinajstić information content (AvgIpc) is 2.75. The molecule has 3 heteroatoms. The Balaban J connectivity index is 2.33. The Labute approximate surface area is 106 Å². The van der Waals surface area contributed by atoms with E-state index in [2.05, 4.69) is 15.9 Å². The second-order valence-corrected chi connectivity index (χ2v) is 4.43. The van der Waals surface area contributed by atoms with Crippen LogP contribution in [0.25, 0.3) is 21.9 Å². The summed E-state index contributed by atoms with van der Waals surface area (Å²) in [5.41, 5.74) is 2.38. The van der Waals surface area contributed by atoms with Gasteiger partial charge in [-0.3, -0.25) is 4.79 Å².